The second-order valence-electron chi connectivity index (χ2n) is 5.34. The van der Waals surface area contributed by atoms with E-state index >= 15 is 0 Å². The third kappa shape index (κ3) is 3.57. The lowest BCUT2D eigenvalue weighted by molar-refractivity contribution is -0.384. The van der Waals surface area contributed by atoms with E-state index in [0.29, 0.717) is 18.3 Å². The van der Waals surface area contributed by atoms with Crippen LogP contribution in [0.15, 0.2) is 6.20 Å². The first-order valence-corrected chi connectivity index (χ1v) is 7.19. The van der Waals surface area contributed by atoms with Gasteiger partial charge in [-0.25, -0.2) is 4.98 Å². The minimum Gasteiger partial charge on any atom is -0.354 e. The lowest BCUT2D eigenvalue weighted by Crippen LogP contribution is -2.42. The fourth-order valence-electron chi connectivity index (χ4n) is 2.55. The van der Waals surface area contributed by atoms with Crippen LogP contribution >= 0.6 is 0 Å². The van der Waals surface area contributed by atoms with Crippen molar-refractivity contribution in [1.82, 2.24) is 14.9 Å². The summed E-state index contributed by atoms with van der Waals surface area (Å²) in [5.74, 6) is 0.818. The Labute approximate surface area is 124 Å². The summed E-state index contributed by atoms with van der Waals surface area (Å²) in [6, 6.07) is 0.268. The van der Waals surface area contributed by atoms with Crippen LogP contribution in [0.4, 0.5) is 17.5 Å². The van der Waals surface area contributed by atoms with Gasteiger partial charge in [0.1, 0.15) is 6.20 Å². The number of hydrogen-bond acceptors (Lipinski definition) is 7. The van der Waals surface area contributed by atoms with E-state index in [1.165, 1.54) is 6.20 Å². The smallest absolute Gasteiger partial charge is 0.329 e. The van der Waals surface area contributed by atoms with Crippen molar-refractivity contribution in [2.24, 2.45) is 0 Å². The molecule has 8 heteroatoms. The fourth-order valence-corrected chi connectivity index (χ4v) is 2.55. The molecule has 1 N–H and O–H groups in total. The van der Waals surface area contributed by atoms with Gasteiger partial charge in [0.25, 0.3) is 0 Å². The molecule has 1 aromatic rings. The number of likely N-dealkylation sites (tertiary alicyclic amines) is 1. The Morgan fingerprint density at radius 1 is 1.52 bits per heavy atom. The van der Waals surface area contributed by atoms with E-state index in [2.05, 4.69) is 27.2 Å². The van der Waals surface area contributed by atoms with Gasteiger partial charge in [-0.3, -0.25) is 10.1 Å². The standard InChI is InChI=1S/C13H22N6O2/c1-4-14-13-15-9-11(19(20)21)12(16-13)18(3)10-5-7-17(2)8-6-10/h9-10H,4-8H2,1-3H3,(H,14,15,16). The van der Waals surface area contributed by atoms with Crippen molar-refractivity contribution >= 4 is 17.5 Å². The van der Waals surface area contributed by atoms with Crippen LogP contribution in [0.3, 0.4) is 0 Å². The molecule has 0 aliphatic carbocycles. The number of aromatic nitrogens is 2. The molecular weight excluding hydrogens is 272 g/mol. The number of hydrogen-bond donors (Lipinski definition) is 1. The summed E-state index contributed by atoms with van der Waals surface area (Å²) in [5.41, 5.74) is -0.0434. The van der Waals surface area contributed by atoms with Crippen LogP contribution in [-0.2, 0) is 0 Å². The molecule has 1 aliphatic heterocycles. The molecule has 1 fully saturated rings. The summed E-state index contributed by atoms with van der Waals surface area (Å²) in [4.78, 5) is 23.3. The molecule has 2 rings (SSSR count). The van der Waals surface area contributed by atoms with Crippen molar-refractivity contribution < 1.29 is 4.92 Å². The van der Waals surface area contributed by atoms with Crippen LogP contribution in [-0.4, -0.2) is 59.6 Å². The quantitative estimate of drug-likeness (QED) is 0.647. The Bertz CT molecular complexity index is 501. The summed E-state index contributed by atoms with van der Waals surface area (Å²) in [7, 11) is 3.97. The molecule has 2 heterocycles. The molecule has 0 amide bonds. The summed E-state index contributed by atoms with van der Waals surface area (Å²) < 4.78 is 0. The number of piperidine rings is 1. The van der Waals surface area contributed by atoms with Crippen LogP contribution in [0.25, 0.3) is 0 Å². The Morgan fingerprint density at radius 3 is 2.76 bits per heavy atom. The van der Waals surface area contributed by atoms with Gasteiger partial charge >= 0.3 is 5.69 Å². The van der Waals surface area contributed by atoms with E-state index in [-0.39, 0.29) is 11.7 Å². The number of anilines is 2. The summed E-state index contributed by atoms with van der Waals surface area (Å²) in [6.07, 6.45) is 3.24. The first-order chi connectivity index (χ1) is 10.0. The molecule has 0 atom stereocenters. The number of nitrogens with zero attached hydrogens (tertiary/aromatic N) is 5. The molecule has 8 nitrogen and oxygen atoms in total. The minimum absolute atomic E-state index is 0.0434. The summed E-state index contributed by atoms with van der Waals surface area (Å²) in [6.45, 7) is 4.60. The number of nitrogens with one attached hydrogen (secondary N) is 1. The maximum absolute atomic E-state index is 11.2. The van der Waals surface area contributed by atoms with Gasteiger partial charge in [0.05, 0.1) is 4.92 Å². The topological polar surface area (TPSA) is 87.4 Å². The second-order valence-corrected chi connectivity index (χ2v) is 5.34. The van der Waals surface area contributed by atoms with E-state index in [9.17, 15) is 10.1 Å². The number of rotatable bonds is 5. The van der Waals surface area contributed by atoms with Gasteiger partial charge in [-0.2, -0.15) is 4.98 Å². The van der Waals surface area contributed by atoms with Crippen LogP contribution < -0.4 is 10.2 Å². The molecule has 1 aliphatic rings. The summed E-state index contributed by atoms with van der Waals surface area (Å²) in [5, 5.41) is 14.2. The molecule has 0 unspecified atom stereocenters. The Hall–Kier alpha value is -1.96. The molecule has 0 bridgehead atoms. The molecule has 0 radical (unpaired) electrons. The van der Waals surface area contributed by atoms with E-state index < -0.39 is 4.92 Å². The highest BCUT2D eigenvalue weighted by molar-refractivity contribution is 5.59. The van der Waals surface area contributed by atoms with Crippen molar-refractivity contribution in [2.45, 2.75) is 25.8 Å². The Kier molecular flexibility index (Phi) is 4.89. The zero-order valence-corrected chi connectivity index (χ0v) is 12.7. The Morgan fingerprint density at radius 2 is 2.19 bits per heavy atom. The number of nitro groups is 1. The molecule has 1 saturated heterocycles. The molecule has 116 valence electrons. The van der Waals surface area contributed by atoms with E-state index in [4.69, 9.17) is 0 Å². The van der Waals surface area contributed by atoms with Crippen molar-refractivity contribution in [1.29, 1.82) is 0 Å². The highest BCUT2D eigenvalue weighted by Gasteiger charge is 2.27. The normalized spacial score (nSPS) is 16.7. The first kappa shape index (κ1) is 15.4. The largest absolute Gasteiger partial charge is 0.354 e. The fraction of sp³-hybridized carbons (Fsp3) is 0.692. The molecular formula is C13H22N6O2. The third-order valence-corrected chi connectivity index (χ3v) is 3.85. The average molecular weight is 294 g/mol. The van der Waals surface area contributed by atoms with Crippen LogP contribution in [0.2, 0.25) is 0 Å². The molecule has 0 saturated carbocycles. The van der Waals surface area contributed by atoms with Crippen LogP contribution in [0.1, 0.15) is 19.8 Å². The van der Waals surface area contributed by atoms with Crippen molar-refractivity contribution in [3.05, 3.63) is 16.3 Å². The molecule has 21 heavy (non-hydrogen) atoms. The molecule has 0 aromatic carbocycles. The maximum Gasteiger partial charge on any atom is 0.329 e. The third-order valence-electron chi connectivity index (χ3n) is 3.85. The van der Waals surface area contributed by atoms with Gasteiger partial charge in [-0.05, 0) is 39.9 Å². The average Bonchev–Trinajstić information content (AvgIpc) is 2.47. The van der Waals surface area contributed by atoms with Gasteiger partial charge in [0.2, 0.25) is 11.8 Å². The monoisotopic (exact) mass is 294 g/mol. The SMILES string of the molecule is CCNc1ncc([N+](=O)[O-])c(N(C)C2CCN(C)CC2)n1. The lowest BCUT2D eigenvalue weighted by Gasteiger charge is -2.35. The Balaban J connectivity index is 2.26. The highest BCUT2D eigenvalue weighted by Crippen LogP contribution is 2.29. The van der Waals surface area contributed by atoms with E-state index in [0.717, 1.165) is 25.9 Å². The van der Waals surface area contributed by atoms with Crippen molar-refractivity contribution in [2.75, 3.05) is 43.9 Å². The maximum atomic E-state index is 11.2. The predicted molar refractivity (Wildman–Crippen MR) is 81.8 cm³/mol. The van der Waals surface area contributed by atoms with Gasteiger partial charge < -0.3 is 15.1 Å². The van der Waals surface area contributed by atoms with Crippen LogP contribution in [0, 0.1) is 10.1 Å². The van der Waals surface area contributed by atoms with Crippen LogP contribution in [0.5, 0.6) is 0 Å². The van der Waals surface area contributed by atoms with Gasteiger partial charge in [-0.1, -0.05) is 0 Å². The molecule has 1 aromatic heterocycles. The van der Waals surface area contributed by atoms with E-state index in [1.807, 2.05) is 18.9 Å². The predicted octanol–water partition coefficient (Wildman–Crippen LogP) is 1.35. The lowest BCUT2D eigenvalue weighted by atomic mass is 10.0. The zero-order valence-electron chi connectivity index (χ0n) is 12.7. The van der Waals surface area contributed by atoms with Crippen molar-refractivity contribution in [3.8, 4) is 0 Å². The first-order valence-electron chi connectivity index (χ1n) is 7.19. The van der Waals surface area contributed by atoms with E-state index in [1.54, 1.807) is 0 Å². The van der Waals surface area contributed by atoms with Crippen molar-refractivity contribution in [3.63, 3.8) is 0 Å². The highest BCUT2D eigenvalue weighted by atomic mass is 16.6. The second kappa shape index (κ2) is 6.66. The van der Waals surface area contributed by atoms with Gasteiger partial charge in [0.15, 0.2) is 0 Å². The summed E-state index contributed by atoms with van der Waals surface area (Å²) >= 11 is 0. The molecule has 0 spiro atoms. The minimum atomic E-state index is -0.420. The zero-order chi connectivity index (χ0) is 15.4. The van der Waals surface area contributed by atoms with Gasteiger partial charge in [-0.15, -0.1) is 0 Å². The van der Waals surface area contributed by atoms with Gasteiger partial charge in [0, 0.05) is 19.6 Å².